The van der Waals surface area contributed by atoms with Crippen molar-refractivity contribution in [2.45, 2.75) is 83.6 Å². The van der Waals surface area contributed by atoms with Crippen molar-refractivity contribution in [3.8, 4) is 0 Å². The van der Waals surface area contributed by atoms with Crippen LogP contribution in [0.15, 0.2) is 4.99 Å². The fourth-order valence-corrected chi connectivity index (χ4v) is 6.56. The van der Waals surface area contributed by atoms with E-state index in [1.165, 1.54) is 64.2 Å². The number of nitrogens with zero attached hydrogens (tertiary/aromatic N) is 1. The van der Waals surface area contributed by atoms with Gasteiger partial charge in [0, 0.05) is 19.1 Å². The first kappa shape index (κ1) is 23.2. The molecule has 3 rings (SSSR count). The van der Waals surface area contributed by atoms with E-state index in [2.05, 4.69) is 17.6 Å². The van der Waals surface area contributed by atoms with Gasteiger partial charge in [0.2, 0.25) is 0 Å². The predicted molar refractivity (Wildman–Crippen MR) is 124 cm³/mol. The molecule has 158 valence electrons. The molecule has 0 aromatic rings. The molecular formula is C20H38IN3O2S. The fraction of sp³-hybridized carbons (Fsp3) is 0.950. The third-order valence-corrected chi connectivity index (χ3v) is 8.35. The summed E-state index contributed by atoms with van der Waals surface area (Å²) < 4.78 is 23.4. The SMILES string of the molecule is CC1(CN=C(NCC2CCS(=O)(=O)C2)NC2CCCC2)CCCCCC1.I. The van der Waals surface area contributed by atoms with Crippen molar-refractivity contribution in [2.75, 3.05) is 24.6 Å². The number of rotatable bonds is 5. The third kappa shape index (κ3) is 7.71. The van der Waals surface area contributed by atoms with E-state index in [-0.39, 0.29) is 29.9 Å². The minimum Gasteiger partial charge on any atom is -0.356 e. The molecule has 27 heavy (non-hydrogen) atoms. The molecule has 2 N–H and O–H groups in total. The summed E-state index contributed by atoms with van der Waals surface area (Å²) in [6, 6.07) is 0.524. The van der Waals surface area contributed by atoms with Gasteiger partial charge in [-0.05, 0) is 43.4 Å². The minimum absolute atomic E-state index is 0. The highest BCUT2D eigenvalue weighted by molar-refractivity contribution is 14.0. The smallest absolute Gasteiger partial charge is 0.191 e. The van der Waals surface area contributed by atoms with Crippen LogP contribution in [0, 0.1) is 11.3 Å². The van der Waals surface area contributed by atoms with Crippen LogP contribution in [0.3, 0.4) is 0 Å². The van der Waals surface area contributed by atoms with Crippen LogP contribution in [-0.2, 0) is 9.84 Å². The summed E-state index contributed by atoms with van der Waals surface area (Å²) in [5.74, 6) is 1.81. The van der Waals surface area contributed by atoms with Crippen molar-refractivity contribution in [1.29, 1.82) is 0 Å². The molecule has 0 amide bonds. The van der Waals surface area contributed by atoms with Crippen molar-refractivity contribution in [3.05, 3.63) is 0 Å². The molecule has 5 nitrogen and oxygen atoms in total. The Balaban J connectivity index is 0.00000261. The maximum absolute atomic E-state index is 11.7. The van der Waals surface area contributed by atoms with E-state index in [1.807, 2.05) is 0 Å². The highest BCUT2D eigenvalue weighted by atomic mass is 127. The Morgan fingerprint density at radius 3 is 2.30 bits per heavy atom. The average Bonchev–Trinajstić information content (AvgIpc) is 3.16. The van der Waals surface area contributed by atoms with Gasteiger partial charge in [-0.3, -0.25) is 4.99 Å². The van der Waals surface area contributed by atoms with Crippen LogP contribution in [0.25, 0.3) is 0 Å². The number of hydrogen-bond donors (Lipinski definition) is 2. The Kier molecular flexibility index (Phi) is 9.16. The van der Waals surface area contributed by atoms with E-state index < -0.39 is 9.84 Å². The minimum atomic E-state index is -2.81. The Hall–Kier alpha value is -0.0500. The lowest BCUT2D eigenvalue weighted by Gasteiger charge is -2.27. The molecule has 2 aliphatic carbocycles. The Morgan fingerprint density at radius 1 is 1.04 bits per heavy atom. The number of halogens is 1. The summed E-state index contributed by atoms with van der Waals surface area (Å²) in [6.07, 6.45) is 13.7. The second kappa shape index (κ2) is 10.6. The van der Waals surface area contributed by atoms with E-state index in [0.717, 1.165) is 18.9 Å². The number of hydrogen-bond acceptors (Lipinski definition) is 3. The lowest BCUT2D eigenvalue weighted by Crippen LogP contribution is -2.44. The first-order valence-electron chi connectivity index (χ1n) is 10.7. The molecule has 1 unspecified atom stereocenters. The fourth-order valence-electron chi connectivity index (χ4n) is 4.70. The lowest BCUT2D eigenvalue weighted by molar-refractivity contribution is 0.289. The number of guanidine groups is 1. The van der Waals surface area contributed by atoms with Gasteiger partial charge in [-0.15, -0.1) is 24.0 Å². The molecule has 7 heteroatoms. The lowest BCUT2D eigenvalue weighted by atomic mass is 9.83. The van der Waals surface area contributed by atoms with Gasteiger partial charge in [0.05, 0.1) is 11.5 Å². The largest absolute Gasteiger partial charge is 0.356 e. The van der Waals surface area contributed by atoms with Gasteiger partial charge in [-0.2, -0.15) is 0 Å². The average molecular weight is 512 g/mol. The highest BCUT2D eigenvalue weighted by Gasteiger charge is 2.29. The molecule has 1 heterocycles. The standard InChI is InChI=1S/C20H37N3O2S.HI/c1-20(11-6-2-3-7-12-20)16-22-19(23-18-8-4-5-9-18)21-14-17-10-13-26(24,25)15-17;/h17-18H,2-16H2,1H3,(H2,21,22,23);1H. The maximum Gasteiger partial charge on any atom is 0.191 e. The molecule has 0 spiro atoms. The molecule has 0 bridgehead atoms. The second-order valence-corrected chi connectivity index (χ2v) is 11.4. The predicted octanol–water partition coefficient (Wildman–Crippen LogP) is 3.88. The monoisotopic (exact) mass is 511 g/mol. The first-order chi connectivity index (χ1) is 12.4. The van der Waals surface area contributed by atoms with Crippen molar-refractivity contribution in [2.24, 2.45) is 16.3 Å². The molecule has 3 fully saturated rings. The van der Waals surface area contributed by atoms with Gasteiger partial charge in [0.15, 0.2) is 15.8 Å². The van der Waals surface area contributed by atoms with E-state index in [0.29, 0.717) is 29.5 Å². The van der Waals surface area contributed by atoms with E-state index in [1.54, 1.807) is 0 Å². The van der Waals surface area contributed by atoms with Gasteiger partial charge in [-0.25, -0.2) is 8.42 Å². The first-order valence-corrected chi connectivity index (χ1v) is 12.5. The zero-order valence-corrected chi connectivity index (χ0v) is 20.0. The van der Waals surface area contributed by atoms with Crippen LogP contribution in [0.4, 0.5) is 0 Å². The molecule has 0 radical (unpaired) electrons. The summed E-state index contributed by atoms with van der Waals surface area (Å²) >= 11 is 0. The normalized spacial score (nSPS) is 28.3. The number of nitrogens with one attached hydrogen (secondary N) is 2. The van der Waals surface area contributed by atoms with Crippen molar-refractivity contribution >= 4 is 39.8 Å². The van der Waals surface area contributed by atoms with Gasteiger partial charge >= 0.3 is 0 Å². The molecule has 1 saturated heterocycles. The Bertz CT molecular complexity index is 580. The maximum atomic E-state index is 11.7. The van der Waals surface area contributed by atoms with Crippen LogP contribution in [0.5, 0.6) is 0 Å². The van der Waals surface area contributed by atoms with E-state index >= 15 is 0 Å². The number of sulfone groups is 1. The highest BCUT2D eigenvalue weighted by Crippen LogP contribution is 2.34. The molecule has 0 aromatic heterocycles. The summed E-state index contributed by atoms with van der Waals surface area (Å²) in [6.45, 7) is 3.98. The van der Waals surface area contributed by atoms with Crippen LogP contribution in [0.1, 0.15) is 77.6 Å². The summed E-state index contributed by atoms with van der Waals surface area (Å²) in [4.78, 5) is 4.97. The van der Waals surface area contributed by atoms with Crippen LogP contribution < -0.4 is 10.6 Å². The Morgan fingerprint density at radius 2 is 1.70 bits per heavy atom. The molecule has 2 saturated carbocycles. The number of aliphatic imine (C=N–C) groups is 1. The topological polar surface area (TPSA) is 70.6 Å². The summed E-state index contributed by atoms with van der Waals surface area (Å²) in [7, 11) is -2.81. The quantitative estimate of drug-likeness (QED) is 0.255. The van der Waals surface area contributed by atoms with E-state index in [9.17, 15) is 8.42 Å². The third-order valence-electron chi connectivity index (χ3n) is 6.51. The van der Waals surface area contributed by atoms with Crippen molar-refractivity contribution in [3.63, 3.8) is 0 Å². The summed E-state index contributed by atoms with van der Waals surface area (Å²) in [5, 5.41) is 7.10. The van der Waals surface area contributed by atoms with Crippen molar-refractivity contribution < 1.29 is 8.42 Å². The van der Waals surface area contributed by atoms with Gasteiger partial charge in [0.1, 0.15) is 0 Å². The van der Waals surface area contributed by atoms with E-state index in [4.69, 9.17) is 4.99 Å². The second-order valence-electron chi connectivity index (χ2n) is 9.17. The molecule has 3 aliphatic rings. The van der Waals surface area contributed by atoms with Crippen molar-refractivity contribution in [1.82, 2.24) is 10.6 Å². The zero-order valence-electron chi connectivity index (χ0n) is 16.8. The Labute approximate surface area is 182 Å². The van der Waals surface area contributed by atoms with Gasteiger partial charge in [0.25, 0.3) is 0 Å². The van der Waals surface area contributed by atoms with Crippen LogP contribution in [0.2, 0.25) is 0 Å². The van der Waals surface area contributed by atoms with Gasteiger partial charge in [-0.1, -0.05) is 45.4 Å². The summed E-state index contributed by atoms with van der Waals surface area (Å²) in [5.41, 5.74) is 0.317. The molecule has 1 aliphatic heterocycles. The van der Waals surface area contributed by atoms with Crippen LogP contribution >= 0.6 is 24.0 Å². The molecule has 0 aromatic carbocycles. The van der Waals surface area contributed by atoms with Crippen LogP contribution in [-0.4, -0.2) is 45.0 Å². The molecule has 1 atom stereocenters. The zero-order chi connectivity index (χ0) is 18.5. The molecular weight excluding hydrogens is 473 g/mol. The van der Waals surface area contributed by atoms with Gasteiger partial charge < -0.3 is 10.6 Å².